The van der Waals surface area contributed by atoms with E-state index in [1.165, 1.54) is 20.2 Å². The van der Waals surface area contributed by atoms with Gasteiger partial charge in [-0.25, -0.2) is 0 Å². The molecule has 1 aliphatic rings. The summed E-state index contributed by atoms with van der Waals surface area (Å²) in [5.74, 6) is -2.45. The minimum absolute atomic E-state index is 0.315. The van der Waals surface area contributed by atoms with Gasteiger partial charge >= 0.3 is 23.9 Å². The van der Waals surface area contributed by atoms with Crippen LogP contribution in [0, 0.1) is 0 Å². The number of carbonyl (C=O) groups is 4. The quantitative estimate of drug-likeness (QED) is 0.216. The van der Waals surface area contributed by atoms with Crippen molar-refractivity contribution in [2.75, 3.05) is 13.7 Å². The van der Waals surface area contributed by atoms with Gasteiger partial charge in [0, 0.05) is 27.7 Å². The number of ether oxygens (including phenoxy) is 6. The number of hydrogen-bond donors (Lipinski definition) is 0. The van der Waals surface area contributed by atoms with Crippen LogP contribution in [-0.2, 0) is 47.7 Å². The summed E-state index contributed by atoms with van der Waals surface area (Å²) in [7, 11) is 1.42. The molecule has 0 unspecified atom stereocenters. The standard InChI is InChI=1S/C22H27NO11/c1-12(24)29-11-18-19(30-13(2)25)20(31-14(3)26)21(32-15(4)27)22(34-18)33-17-8-6-16(7-9-17)10-23-28-5/h6-10,18-22H,11H2,1-5H3/b23-10-/t18-,19-,20-,21-,22-/m1/s1. The molecule has 12 heteroatoms. The van der Waals surface area contributed by atoms with Crippen LogP contribution in [-0.4, -0.2) is 74.5 Å². The van der Waals surface area contributed by atoms with Crippen LogP contribution in [0.1, 0.15) is 33.3 Å². The van der Waals surface area contributed by atoms with Crippen LogP contribution in [0.25, 0.3) is 0 Å². The molecule has 1 aromatic carbocycles. The molecule has 0 spiro atoms. The Morgan fingerprint density at radius 1 is 0.853 bits per heavy atom. The Balaban J connectivity index is 2.40. The van der Waals surface area contributed by atoms with E-state index in [1.54, 1.807) is 24.3 Å². The zero-order valence-electron chi connectivity index (χ0n) is 19.4. The first-order chi connectivity index (χ1) is 16.1. The maximum atomic E-state index is 11.8. The summed E-state index contributed by atoms with van der Waals surface area (Å²) in [6, 6.07) is 6.57. The molecule has 34 heavy (non-hydrogen) atoms. The monoisotopic (exact) mass is 481 g/mol. The van der Waals surface area contributed by atoms with Crippen molar-refractivity contribution in [1.29, 1.82) is 0 Å². The van der Waals surface area contributed by atoms with Gasteiger partial charge in [0.1, 0.15) is 25.6 Å². The summed E-state index contributed by atoms with van der Waals surface area (Å²) in [6.07, 6.45) is -4.79. The van der Waals surface area contributed by atoms with E-state index >= 15 is 0 Å². The molecule has 186 valence electrons. The van der Waals surface area contributed by atoms with Crippen molar-refractivity contribution in [2.24, 2.45) is 5.16 Å². The van der Waals surface area contributed by atoms with Gasteiger partial charge in [0.05, 0.1) is 6.21 Å². The Kier molecular flexibility index (Phi) is 9.80. The lowest BCUT2D eigenvalue weighted by molar-refractivity contribution is -0.288. The van der Waals surface area contributed by atoms with Gasteiger partial charge in [-0.15, -0.1) is 0 Å². The maximum absolute atomic E-state index is 11.8. The largest absolute Gasteiger partial charge is 0.463 e. The van der Waals surface area contributed by atoms with E-state index < -0.39 is 54.6 Å². The summed E-state index contributed by atoms with van der Waals surface area (Å²) >= 11 is 0. The van der Waals surface area contributed by atoms with Gasteiger partial charge in [-0.1, -0.05) is 5.16 Å². The van der Waals surface area contributed by atoms with Gasteiger partial charge in [0.2, 0.25) is 12.4 Å². The van der Waals surface area contributed by atoms with Crippen molar-refractivity contribution in [2.45, 2.75) is 58.4 Å². The molecular weight excluding hydrogens is 454 g/mol. The lowest BCUT2D eigenvalue weighted by atomic mass is 9.98. The lowest BCUT2D eigenvalue weighted by Gasteiger charge is -2.43. The Labute approximate surface area is 196 Å². The Hall–Kier alpha value is -3.67. The van der Waals surface area contributed by atoms with E-state index in [4.69, 9.17) is 28.4 Å². The Bertz CT molecular complexity index is 899. The van der Waals surface area contributed by atoms with Gasteiger partial charge < -0.3 is 33.3 Å². The predicted octanol–water partition coefficient (Wildman–Crippen LogP) is 1.13. The number of carbonyl (C=O) groups excluding carboxylic acids is 4. The highest BCUT2D eigenvalue weighted by atomic mass is 16.7. The minimum Gasteiger partial charge on any atom is -0.463 e. The third-order valence-corrected chi connectivity index (χ3v) is 4.39. The number of hydrogen-bond acceptors (Lipinski definition) is 12. The summed E-state index contributed by atoms with van der Waals surface area (Å²) in [5.41, 5.74) is 0.718. The molecule has 2 rings (SSSR count). The summed E-state index contributed by atoms with van der Waals surface area (Å²) < 4.78 is 32.8. The average Bonchev–Trinajstić information content (AvgIpc) is 2.75. The highest BCUT2D eigenvalue weighted by Crippen LogP contribution is 2.31. The Morgan fingerprint density at radius 3 is 1.94 bits per heavy atom. The first-order valence-electron chi connectivity index (χ1n) is 10.2. The molecule has 0 bridgehead atoms. The molecule has 12 nitrogen and oxygen atoms in total. The molecule has 0 N–H and O–H groups in total. The molecule has 1 heterocycles. The fourth-order valence-electron chi connectivity index (χ4n) is 3.16. The third-order valence-electron chi connectivity index (χ3n) is 4.39. The molecule has 5 atom stereocenters. The van der Waals surface area contributed by atoms with E-state index in [1.807, 2.05) is 0 Å². The third kappa shape index (κ3) is 8.03. The Morgan fingerprint density at radius 2 is 1.41 bits per heavy atom. The molecule has 1 aromatic rings. The van der Waals surface area contributed by atoms with Gasteiger partial charge in [-0.05, 0) is 29.8 Å². The van der Waals surface area contributed by atoms with Crippen molar-refractivity contribution < 1.29 is 52.4 Å². The number of oxime groups is 1. The van der Waals surface area contributed by atoms with Crippen molar-refractivity contribution in [3.8, 4) is 5.75 Å². The van der Waals surface area contributed by atoms with Crippen molar-refractivity contribution in [3.63, 3.8) is 0 Å². The fraction of sp³-hybridized carbons (Fsp3) is 0.500. The maximum Gasteiger partial charge on any atom is 0.303 e. The van der Waals surface area contributed by atoms with Crippen molar-refractivity contribution in [1.82, 2.24) is 0 Å². The summed E-state index contributed by atoms with van der Waals surface area (Å²) in [5, 5.41) is 3.67. The minimum atomic E-state index is -1.31. The molecule has 0 aromatic heterocycles. The van der Waals surface area contributed by atoms with E-state index in [0.29, 0.717) is 5.75 Å². The molecule has 1 aliphatic heterocycles. The van der Waals surface area contributed by atoms with Gasteiger partial charge in [0.15, 0.2) is 12.2 Å². The van der Waals surface area contributed by atoms with E-state index in [9.17, 15) is 19.2 Å². The van der Waals surface area contributed by atoms with Crippen molar-refractivity contribution in [3.05, 3.63) is 29.8 Å². The van der Waals surface area contributed by atoms with Gasteiger partial charge in [0.25, 0.3) is 0 Å². The van der Waals surface area contributed by atoms with Crippen LogP contribution in [0.2, 0.25) is 0 Å². The van der Waals surface area contributed by atoms with Crippen LogP contribution in [0.3, 0.4) is 0 Å². The first-order valence-corrected chi connectivity index (χ1v) is 10.2. The normalized spacial score (nSPS) is 24.1. The molecule has 1 fully saturated rings. The SMILES string of the molecule is CO/N=C\c1ccc(O[C@@H]2O[C@H](COC(C)=O)[C@@H](OC(C)=O)[C@@H](OC(C)=O)[C@H]2OC(C)=O)cc1. The molecule has 0 amide bonds. The lowest BCUT2D eigenvalue weighted by Crippen LogP contribution is -2.63. The fourth-order valence-corrected chi connectivity index (χ4v) is 3.16. The summed E-state index contributed by atoms with van der Waals surface area (Å²) in [6.45, 7) is 4.28. The molecule has 0 saturated carbocycles. The van der Waals surface area contributed by atoms with Crippen molar-refractivity contribution >= 4 is 30.1 Å². The highest BCUT2D eigenvalue weighted by molar-refractivity contribution is 5.79. The molecular formula is C22H27NO11. The smallest absolute Gasteiger partial charge is 0.303 e. The molecule has 0 aliphatic carbocycles. The number of benzene rings is 1. The predicted molar refractivity (Wildman–Crippen MR) is 114 cm³/mol. The number of nitrogens with zero attached hydrogens (tertiary/aromatic N) is 1. The van der Waals surface area contributed by atoms with Crippen LogP contribution >= 0.6 is 0 Å². The highest BCUT2D eigenvalue weighted by Gasteiger charge is 2.53. The van der Waals surface area contributed by atoms with Crippen LogP contribution < -0.4 is 4.74 Å². The molecule has 1 saturated heterocycles. The zero-order chi connectivity index (χ0) is 25.3. The second-order valence-corrected chi connectivity index (χ2v) is 7.17. The number of esters is 4. The zero-order valence-corrected chi connectivity index (χ0v) is 19.4. The first kappa shape index (κ1) is 26.6. The second-order valence-electron chi connectivity index (χ2n) is 7.17. The average molecular weight is 481 g/mol. The summed E-state index contributed by atoms with van der Waals surface area (Å²) in [4.78, 5) is 51.4. The van der Waals surface area contributed by atoms with Crippen LogP contribution in [0.4, 0.5) is 0 Å². The van der Waals surface area contributed by atoms with Gasteiger partial charge in [-0.2, -0.15) is 0 Å². The van der Waals surface area contributed by atoms with Crippen LogP contribution in [0.5, 0.6) is 5.75 Å². The number of rotatable bonds is 9. The topological polar surface area (TPSA) is 145 Å². The second kappa shape index (κ2) is 12.5. The van der Waals surface area contributed by atoms with E-state index in [2.05, 4.69) is 9.99 Å². The van der Waals surface area contributed by atoms with Crippen LogP contribution in [0.15, 0.2) is 29.4 Å². The van der Waals surface area contributed by atoms with E-state index in [-0.39, 0.29) is 6.61 Å². The van der Waals surface area contributed by atoms with E-state index in [0.717, 1.165) is 26.3 Å². The van der Waals surface area contributed by atoms with Gasteiger partial charge in [-0.3, -0.25) is 19.2 Å². The molecule has 0 radical (unpaired) electrons.